The highest BCUT2D eigenvalue weighted by Crippen LogP contribution is 2.28. The Balaban J connectivity index is 0. The van der Waals surface area contributed by atoms with Crippen molar-refractivity contribution in [2.75, 3.05) is 0 Å². The molecule has 0 bridgehead atoms. The monoisotopic (exact) mass is 215 g/mol. The molecule has 2 heteroatoms. The van der Waals surface area contributed by atoms with Crippen LogP contribution in [0.1, 0.15) is 71.2 Å². The number of rotatable bonds is 2. The van der Waals surface area contributed by atoms with Gasteiger partial charge >= 0.3 is 0 Å². The van der Waals surface area contributed by atoms with E-state index in [1.807, 2.05) is 20.0 Å². The SMILES string of the molecule is C.CC.CC(C)c1cnsc1C(C)C. The molecule has 0 fully saturated rings. The van der Waals surface area contributed by atoms with E-state index in [1.165, 1.54) is 10.4 Å². The second-order valence-corrected chi connectivity index (χ2v) is 4.29. The Morgan fingerprint density at radius 1 is 1.07 bits per heavy atom. The predicted molar refractivity (Wildman–Crippen MR) is 68.4 cm³/mol. The minimum Gasteiger partial charge on any atom is -0.201 e. The lowest BCUT2D eigenvalue weighted by Gasteiger charge is -2.07. The average Bonchev–Trinajstić information content (AvgIpc) is 2.55. The summed E-state index contributed by atoms with van der Waals surface area (Å²) in [6.07, 6.45) is 2.00. The number of nitrogens with zero attached hydrogens (tertiary/aromatic N) is 1. The Hall–Kier alpha value is -0.370. The van der Waals surface area contributed by atoms with Gasteiger partial charge in [0.1, 0.15) is 0 Å². The Morgan fingerprint density at radius 2 is 1.57 bits per heavy atom. The third-order valence-corrected chi connectivity index (χ3v) is 2.89. The summed E-state index contributed by atoms with van der Waals surface area (Å²) >= 11 is 1.64. The van der Waals surface area contributed by atoms with E-state index < -0.39 is 0 Å². The second kappa shape index (κ2) is 7.98. The Bertz CT molecular complexity index is 203. The van der Waals surface area contributed by atoms with Gasteiger partial charge in [0.2, 0.25) is 0 Å². The van der Waals surface area contributed by atoms with Crippen LogP contribution in [0.5, 0.6) is 0 Å². The first-order chi connectivity index (χ1) is 6.13. The Morgan fingerprint density at radius 3 is 1.86 bits per heavy atom. The van der Waals surface area contributed by atoms with Crippen molar-refractivity contribution in [3.63, 3.8) is 0 Å². The van der Waals surface area contributed by atoms with Gasteiger partial charge < -0.3 is 0 Å². The first-order valence-corrected chi connectivity index (χ1v) is 5.84. The van der Waals surface area contributed by atoms with E-state index in [4.69, 9.17) is 0 Å². The zero-order valence-corrected chi connectivity index (χ0v) is 10.4. The lowest BCUT2D eigenvalue weighted by molar-refractivity contribution is 0.808. The van der Waals surface area contributed by atoms with Crippen LogP contribution < -0.4 is 0 Å². The van der Waals surface area contributed by atoms with Crippen LogP contribution in [0.4, 0.5) is 0 Å². The lowest BCUT2D eigenvalue weighted by atomic mass is 10.0. The molecule has 0 spiro atoms. The fourth-order valence-corrected chi connectivity index (χ4v) is 2.01. The van der Waals surface area contributed by atoms with Crippen molar-refractivity contribution in [2.24, 2.45) is 0 Å². The summed E-state index contributed by atoms with van der Waals surface area (Å²) in [5, 5.41) is 0. The van der Waals surface area contributed by atoms with Gasteiger partial charge in [-0.05, 0) is 28.9 Å². The van der Waals surface area contributed by atoms with Crippen molar-refractivity contribution in [3.05, 3.63) is 16.6 Å². The number of hydrogen-bond donors (Lipinski definition) is 0. The molecule has 84 valence electrons. The third-order valence-electron chi connectivity index (χ3n) is 1.77. The summed E-state index contributed by atoms with van der Waals surface area (Å²) in [5.41, 5.74) is 1.42. The summed E-state index contributed by atoms with van der Waals surface area (Å²) < 4.78 is 4.21. The van der Waals surface area contributed by atoms with Gasteiger partial charge in [0.15, 0.2) is 0 Å². The van der Waals surface area contributed by atoms with Crippen LogP contribution in [-0.4, -0.2) is 4.37 Å². The highest BCUT2D eigenvalue weighted by Gasteiger charge is 2.11. The molecule has 0 aromatic carbocycles. The Kier molecular flexibility index (Phi) is 9.16. The molecule has 0 aliphatic carbocycles. The smallest absolute Gasteiger partial charge is 0.0444 e. The van der Waals surface area contributed by atoms with Crippen LogP contribution in [-0.2, 0) is 0 Å². The fraction of sp³-hybridized carbons (Fsp3) is 0.750. The van der Waals surface area contributed by atoms with E-state index in [1.54, 1.807) is 11.5 Å². The minimum absolute atomic E-state index is 0. The van der Waals surface area contributed by atoms with Crippen LogP contribution in [0.2, 0.25) is 0 Å². The first kappa shape index (κ1) is 16.1. The molecule has 1 aromatic heterocycles. The van der Waals surface area contributed by atoms with E-state index in [-0.39, 0.29) is 7.43 Å². The van der Waals surface area contributed by atoms with Gasteiger partial charge in [-0.2, -0.15) is 0 Å². The minimum atomic E-state index is 0. The summed E-state index contributed by atoms with van der Waals surface area (Å²) in [5.74, 6) is 1.24. The Labute approximate surface area is 93.7 Å². The maximum Gasteiger partial charge on any atom is 0.0444 e. The number of aromatic nitrogens is 1. The van der Waals surface area contributed by atoms with E-state index in [2.05, 4.69) is 32.1 Å². The summed E-state index contributed by atoms with van der Waals surface area (Å²) in [7, 11) is 0. The van der Waals surface area contributed by atoms with E-state index >= 15 is 0 Å². The van der Waals surface area contributed by atoms with Gasteiger partial charge in [0.05, 0.1) is 0 Å². The third kappa shape index (κ3) is 4.23. The molecule has 0 amide bonds. The zero-order valence-electron chi connectivity index (χ0n) is 9.59. The van der Waals surface area contributed by atoms with Gasteiger partial charge in [0, 0.05) is 11.1 Å². The van der Waals surface area contributed by atoms with Gasteiger partial charge in [-0.25, -0.2) is 4.37 Å². The highest BCUT2D eigenvalue weighted by atomic mass is 32.1. The molecule has 1 nitrogen and oxygen atoms in total. The first-order valence-electron chi connectivity index (χ1n) is 5.07. The summed E-state index contributed by atoms with van der Waals surface area (Å²) in [4.78, 5) is 1.44. The van der Waals surface area contributed by atoms with Gasteiger partial charge in [-0.15, -0.1) is 0 Å². The van der Waals surface area contributed by atoms with Crippen LogP contribution in [0.25, 0.3) is 0 Å². The topological polar surface area (TPSA) is 12.9 Å². The maximum absolute atomic E-state index is 4.21. The van der Waals surface area contributed by atoms with E-state index in [9.17, 15) is 0 Å². The molecule has 1 heterocycles. The van der Waals surface area contributed by atoms with Crippen molar-refractivity contribution in [1.82, 2.24) is 4.37 Å². The van der Waals surface area contributed by atoms with Crippen molar-refractivity contribution in [3.8, 4) is 0 Å². The molecule has 0 atom stereocenters. The molecule has 14 heavy (non-hydrogen) atoms. The summed E-state index contributed by atoms with van der Waals surface area (Å²) in [6.45, 7) is 12.9. The molecule has 0 aliphatic rings. The molecule has 0 radical (unpaired) electrons. The molecular formula is C12H25NS. The predicted octanol–water partition coefficient (Wildman–Crippen LogP) is 5.05. The molecule has 0 unspecified atom stereocenters. The van der Waals surface area contributed by atoms with Crippen molar-refractivity contribution in [1.29, 1.82) is 0 Å². The van der Waals surface area contributed by atoms with Gasteiger partial charge in [-0.1, -0.05) is 49.0 Å². The summed E-state index contributed by atoms with van der Waals surface area (Å²) in [6, 6.07) is 0. The largest absolute Gasteiger partial charge is 0.201 e. The maximum atomic E-state index is 4.21. The van der Waals surface area contributed by atoms with E-state index in [0.29, 0.717) is 11.8 Å². The molecule has 1 rings (SSSR count). The molecule has 0 aliphatic heterocycles. The van der Waals surface area contributed by atoms with Crippen LogP contribution >= 0.6 is 11.5 Å². The van der Waals surface area contributed by atoms with Crippen molar-refractivity contribution >= 4 is 11.5 Å². The van der Waals surface area contributed by atoms with Crippen molar-refractivity contribution < 1.29 is 0 Å². The van der Waals surface area contributed by atoms with Crippen LogP contribution in [0.3, 0.4) is 0 Å². The molecule has 0 saturated carbocycles. The molecule has 0 N–H and O–H groups in total. The highest BCUT2D eigenvalue weighted by molar-refractivity contribution is 7.06. The van der Waals surface area contributed by atoms with Crippen LogP contribution in [0.15, 0.2) is 6.20 Å². The quantitative estimate of drug-likeness (QED) is 0.672. The second-order valence-electron chi connectivity index (χ2n) is 3.45. The molecular weight excluding hydrogens is 190 g/mol. The number of hydrogen-bond acceptors (Lipinski definition) is 2. The lowest BCUT2D eigenvalue weighted by Crippen LogP contribution is -1.91. The normalized spacial score (nSPS) is 9.43. The van der Waals surface area contributed by atoms with Crippen LogP contribution in [0, 0.1) is 0 Å². The zero-order chi connectivity index (χ0) is 10.4. The molecule has 0 saturated heterocycles. The fourth-order valence-electron chi connectivity index (χ4n) is 1.13. The molecule has 1 aromatic rings. The van der Waals surface area contributed by atoms with Gasteiger partial charge in [-0.3, -0.25) is 0 Å². The van der Waals surface area contributed by atoms with Gasteiger partial charge in [0.25, 0.3) is 0 Å². The van der Waals surface area contributed by atoms with Crippen molar-refractivity contribution in [2.45, 2.75) is 60.8 Å². The van der Waals surface area contributed by atoms with E-state index in [0.717, 1.165) is 0 Å². The average molecular weight is 215 g/mol. The standard InChI is InChI=1S/C9H15NS.C2H6.CH4/c1-6(2)8-5-10-11-9(8)7(3)4;1-2;/h5-7H,1-4H3;1-2H3;1H4.